The Kier molecular flexibility index (Phi) is 7.52. The number of aryl methyl sites for hydroxylation is 1. The number of benzene rings is 1. The number of carbonyl (C=O) groups excluding carboxylic acids is 1. The minimum absolute atomic E-state index is 0.138. The summed E-state index contributed by atoms with van der Waals surface area (Å²) in [6.07, 6.45) is 3.14. The van der Waals surface area contributed by atoms with Crippen molar-refractivity contribution in [3.63, 3.8) is 0 Å². The zero-order chi connectivity index (χ0) is 18.2. The van der Waals surface area contributed by atoms with Crippen LogP contribution in [-0.4, -0.2) is 33.6 Å². The van der Waals surface area contributed by atoms with E-state index in [4.69, 9.17) is 0 Å². The van der Waals surface area contributed by atoms with Crippen LogP contribution in [0.15, 0.2) is 24.3 Å². The highest BCUT2D eigenvalue weighted by molar-refractivity contribution is 7.15. The molecule has 0 aliphatic rings. The number of rotatable bonds is 9. The third kappa shape index (κ3) is 5.90. The van der Waals surface area contributed by atoms with Crippen LogP contribution in [0.1, 0.15) is 61.5 Å². The third-order valence-electron chi connectivity index (χ3n) is 4.17. The second-order valence-electron chi connectivity index (χ2n) is 6.41. The van der Waals surface area contributed by atoms with E-state index in [0.717, 1.165) is 37.4 Å². The molecule has 1 N–H and O–H groups in total. The van der Waals surface area contributed by atoms with Crippen LogP contribution < -0.4 is 5.32 Å². The molecule has 0 saturated heterocycles. The smallest absolute Gasteiger partial charge is 0.257 e. The summed E-state index contributed by atoms with van der Waals surface area (Å²) < 4.78 is 0. The summed E-state index contributed by atoms with van der Waals surface area (Å²) in [6, 6.07) is 8.29. The Hall–Kier alpha value is -1.79. The van der Waals surface area contributed by atoms with E-state index >= 15 is 0 Å². The highest BCUT2D eigenvalue weighted by atomic mass is 32.1. The zero-order valence-corrected chi connectivity index (χ0v) is 16.4. The number of nitrogens with zero attached hydrogens (tertiary/aromatic N) is 3. The molecule has 1 heterocycles. The Morgan fingerprint density at radius 1 is 1.20 bits per heavy atom. The summed E-state index contributed by atoms with van der Waals surface area (Å²) in [6.45, 7) is 10.6. The minimum atomic E-state index is -0.138. The van der Waals surface area contributed by atoms with E-state index < -0.39 is 0 Å². The summed E-state index contributed by atoms with van der Waals surface area (Å²) in [5, 5.41) is 12.6. The lowest BCUT2D eigenvalue weighted by Crippen LogP contribution is -2.29. The van der Waals surface area contributed by atoms with Crippen LogP contribution in [0.5, 0.6) is 0 Å². The van der Waals surface area contributed by atoms with Gasteiger partial charge >= 0.3 is 0 Å². The van der Waals surface area contributed by atoms with E-state index in [2.05, 4.69) is 48.1 Å². The van der Waals surface area contributed by atoms with Crippen molar-refractivity contribution in [3.05, 3.63) is 40.4 Å². The van der Waals surface area contributed by atoms with E-state index in [1.54, 1.807) is 0 Å². The Bertz CT molecular complexity index is 666. The normalized spacial score (nSPS) is 11.3. The Labute approximate surface area is 154 Å². The van der Waals surface area contributed by atoms with Gasteiger partial charge in [0.05, 0.1) is 0 Å². The molecule has 1 aromatic carbocycles. The van der Waals surface area contributed by atoms with Gasteiger partial charge in [-0.1, -0.05) is 43.7 Å². The number of carbonyl (C=O) groups is 1. The first-order valence-electron chi connectivity index (χ1n) is 9.00. The molecule has 0 aliphatic carbocycles. The average molecular weight is 361 g/mol. The molecular formula is C19H28N4OS. The van der Waals surface area contributed by atoms with Gasteiger partial charge in [-0.3, -0.25) is 15.0 Å². The van der Waals surface area contributed by atoms with Gasteiger partial charge in [0.1, 0.15) is 5.01 Å². The number of aromatic nitrogens is 2. The first-order valence-corrected chi connectivity index (χ1v) is 9.81. The largest absolute Gasteiger partial charge is 0.297 e. The van der Waals surface area contributed by atoms with Crippen molar-refractivity contribution >= 4 is 22.4 Å². The van der Waals surface area contributed by atoms with Crippen LogP contribution in [0.4, 0.5) is 5.13 Å². The number of hydrogen-bond acceptors (Lipinski definition) is 5. The average Bonchev–Trinajstić information content (AvgIpc) is 3.05. The van der Waals surface area contributed by atoms with Gasteiger partial charge in [-0.25, -0.2) is 0 Å². The van der Waals surface area contributed by atoms with E-state index in [9.17, 15) is 4.79 Å². The minimum Gasteiger partial charge on any atom is -0.297 e. The molecule has 0 atom stereocenters. The van der Waals surface area contributed by atoms with Gasteiger partial charge in [0, 0.05) is 24.6 Å². The van der Waals surface area contributed by atoms with Crippen LogP contribution >= 0.6 is 11.3 Å². The van der Waals surface area contributed by atoms with Gasteiger partial charge in [0.2, 0.25) is 5.13 Å². The molecule has 5 nitrogen and oxygen atoms in total. The molecule has 1 amide bonds. The molecule has 0 aliphatic heterocycles. The Balaban J connectivity index is 1.94. The first kappa shape index (κ1) is 19.5. The molecule has 0 saturated carbocycles. The van der Waals surface area contributed by atoms with Crippen LogP contribution in [0.25, 0.3) is 0 Å². The number of amides is 1. The van der Waals surface area contributed by atoms with Gasteiger partial charge in [0.15, 0.2) is 0 Å². The van der Waals surface area contributed by atoms with E-state index in [0.29, 0.717) is 16.7 Å². The number of hydrogen-bond donors (Lipinski definition) is 1. The fourth-order valence-corrected chi connectivity index (χ4v) is 3.33. The molecule has 1 aromatic heterocycles. The van der Waals surface area contributed by atoms with Crippen molar-refractivity contribution in [2.24, 2.45) is 0 Å². The second kappa shape index (κ2) is 9.63. The van der Waals surface area contributed by atoms with E-state index in [1.807, 2.05) is 24.3 Å². The molecule has 0 fully saturated rings. The maximum absolute atomic E-state index is 12.4. The molecule has 0 spiro atoms. The Morgan fingerprint density at radius 2 is 1.92 bits per heavy atom. The summed E-state index contributed by atoms with van der Waals surface area (Å²) in [5.41, 5.74) is 1.85. The molecule has 136 valence electrons. The maximum Gasteiger partial charge on any atom is 0.257 e. The molecule has 0 bridgehead atoms. The van der Waals surface area contributed by atoms with Crippen LogP contribution in [0.3, 0.4) is 0 Å². The fraction of sp³-hybridized carbons (Fsp3) is 0.526. The van der Waals surface area contributed by atoms with E-state index in [-0.39, 0.29) is 5.91 Å². The maximum atomic E-state index is 12.4. The lowest BCUT2D eigenvalue weighted by molar-refractivity contribution is 0.102. The summed E-state index contributed by atoms with van der Waals surface area (Å²) >= 11 is 1.45. The summed E-state index contributed by atoms with van der Waals surface area (Å²) in [5.74, 6) is -0.138. The molecule has 2 rings (SSSR count). The van der Waals surface area contributed by atoms with Gasteiger partial charge in [-0.05, 0) is 44.5 Å². The molecule has 0 unspecified atom stereocenters. The fourth-order valence-electron chi connectivity index (χ4n) is 2.56. The highest BCUT2D eigenvalue weighted by Gasteiger charge is 2.11. The molecule has 25 heavy (non-hydrogen) atoms. The lowest BCUT2D eigenvalue weighted by Gasteiger charge is -2.24. The lowest BCUT2D eigenvalue weighted by atomic mass is 10.1. The van der Waals surface area contributed by atoms with Crippen molar-refractivity contribution in [3.8, 4) is 0 Å². The Morgan fingerprint density at radius 3 is 2.52 bits per heavy atom. The van der Waals surface area contributed by atoms with Gasteiger partial charge in [-0.15, -0.1) is 10.2 Å². The van der Waals surface area contributed by atoms with Crippen molar-refractivity contribution < 1.29 is 4.79 Å². The summed E-state index contributed by atoms with van der Waals surface area (Å²) in [7, 11) is 0. The summed E-state index contributed by atoms with van der Waals surface area (Å²) in [4.78, 5) is 14.7. The topological polar surface area (TPSA) is 58.1 Å². The quantitative estimate of drug-likeness (QED) is 0.722. The molecule has 0 radical (unpaired) electrons. The van der Waals surface area contributed by atoms with Crippen molar-refractivity contribution in [1.29, 1.82) is 0 Å². The zero-order valence-electron chi connectivity index (χ0n) is 15.6. The predicted molar refractivity (Wildman–Crippen MR) is 104 cm³/mol. The second-order valence-corrected chi connectivity index (χ2v) is 7.47. The third-order valence-corrected chi connectivity index (χ3v) is 5.07. The number of nitrogens with one attached hydrogen (secondary N) is 1. The van der Waals surface area contributed by atoms with Crippen molar-refractivity contribution in [2.75, 3.05) is 11.9 Å². The van der Waals surface area contributed by atoms with Crippen LogP contribution in [0.2, 0.25) is 0 Å². The van der Waals surface area contributed by atoms with Crippen molar-refractivity contribution in [1.82, 2.24) is 15.1 Å². The van der Waals surface area contributed by atoms with Gasteiger partial charge < -0.3 is 0 Å². The molecular weight excluding hydrogens is 332 g/mol. The monoisotopic (exact) mass is 360 g/mol. The first-order chi connectivity index (χ1) is 12.0. The van der Waals surface area contributed by atoms with Crippen LogP contribution in [0, 0.1) is 0 Å². The van der Waals surface area contributed by atoms with Crippen LogP contribution in [-0.2, 0) is 13.0 Å². The SMILES string of the molecule is CCCCc1nnc(NC(=O)c2ccc(CN(CC)C(C)C)cc2)s1. The number of anilines is 1. The highest BCUT2D eigenvalue weighted by Crippen LogP contribution is 2.18. The molecule has 6 heteroatoms. The van der Waals surface area contributed by atoms with Gasteiger partial charge in [0.25, 0.3) is 5.91 Å². The predicted octanol–water partition coefficient (Wildman–Crippen LogP) is 4.36. The standard InChI is InChI=1S/C19H28N4OS/c1-5-7-8-17-21-22-19(25-17)20-18(24)16-11-9-15(10-12-16)13-23(6-2)14(3)4/h9-12,14H,5-8,13H2,1-4H3,(H,20,22,24). The van der Waals surface area contributed by atoms with Gasteiger partial charge in [-0.2, -0.15) is 0 Å². The molecule has 2 aromatic rings. The van der Waals surface area contributed by atoms with E-state index in [1.165, 1.54) is 16.9 Å². The van der Waals surface area contributed by atoms with Crippen molar-refractivity contribution in [2.45, 2.75) is 59.5 Å². The number of unbranched alkanes of at least 4 members (excludes halogenated alkanes) is 1.